The topological polar surface area (TPSA) is 26.0 Å². The first kappa shape index (κ1) is 12.9. The van der Waals surface area contributed by atoms with Crippen LogP contribution in [0.3, 0.4) is 0 Å². The maximum absolute atomic E-state index is 6.18. The molecular weight excluding hydrogens is 253 g/mol. The van der Waals surface area contributed by atoms with Gasteiger partial charge < -0.3 is 5.73 Å². The highest BCUT2D eigenvalue weighted by Crippen LogP contribution is 2.26. The fourth-order valence-electron chi connectivity index (χ4n) is 2.26. The van der Waals surface area contributed by atoms with Crippen molar-refractivity contribution < 1.29 is 0 Å². The molecule has 92 valence electrons. The average Bonchev–Trinajstić information content (AvgIpc) is 2.47. The standard InChI is InChI=1S/C14H17Cl2N/c15-12-6-5-11(14(16)9-12)7-10-3-1-2-4-13(17)8-10/h5-6,8-9,13H,1-4,7,17H2. The summed E-state index contributed by atoms with van der Waals surface area (Å²) in [6.45, 7) is 0. The van der Waals surface area contributed by atoms with Crippen LogP contribution in [-0.2, 0) is 6.42 Å². The van der Waals surface area contributed by atoms with Crippen LogP contribution in [-0.4, -0.2) is 6.04 Å². The van der Waals surface area contributed by atoms with Crippen molar-refractivity contribution in [3.05, 3.63) is 45.5 Å². The molecule has 1 aliphatic rings. The summed E-state index contributed by atoms with van der Waals surface area (Å²) in [5, 5.41) is 1.43. The molecule has 1 aromatic rings. The van der Waals surface area contributed by atoms with E-state index in [1.54, 1.807) is 6.07 Å². The van der Waals surface area contributed by atoms with Crippen LogP contribution in [0.2, 0.25) is 10.0 Å². The molecule has 0 radical (unpaired) electrons. The van der Waals surface area contributed by atoms with Crippen LogP contribution < -0.4 is 5.73 Å². The second-order valence-electron chi connectivity index (χ2n) is 4.65. The van der Waals surface area contributed by atoms with Gasteiger partial charge in [-0.25, -0.2) is 0 Å². The second-order valence-corrected chi connectivity index (χ2v) is 5.49. The van der Waals surface area contributed by atoms with Crippen LogP contribution >= 0.6 is 23.2 Å². The largest absolute Gasteiger partial charge is 0.324 e. The maximum Gasteiger partial charge on any atom is 0.0456 e. The van der Waals surface area contributed by atoms with Crippen molar-refractivity contribution in [3.8, 4) is 0 Å². The van der Waals surface area contributed by atoms with Gasteiger partial charge >= 0.3 is 0 Å². The zero-order valence-electron chi connectivity index (χ0n) is 9.76. The molecule has 1 unspecified atom stereocenters. The van der Waals surface area contributed by atoms with Crippen molar-refractivity contribution in [1.29, 1.82) is 0 Å². The van der Waals surface area contributed by atoms with Crippen LogP contribution in [0.4, 0.5) is 0 Å². The van der Waals surface area contributed by atoms with Crippen molar-refractivity contribution in [2.24, 2.45) is 5.73 Å². The SMILES string of the molecule is NC1C=C(Cc2ccc(Cl)cc2Cl)CCCC1. The van der Waals surface area contributed by atoms with Gasteiger partial charge in [0.2, 0.25) is 0 Å². The number of hydrogen-bond donors (Lipinski definition) is 1. The third-order valence-electron chi connectivity index (χ3n) is 3.17. The molecule has 1 nitrogen and oxygen atoms in total. The van der Waals surface area contributed by atoms with E-state index in [1.165, 1.54) is 18.4 Å². The minimum Gasteiger partial charge on any atom is -0.324 e. The molecule has 2 N–H and O–H groups in total. The van der Waals surface area contributed by atoms with E-state index in [2.05, 4.69) is 6.08 Å². The van der Waals surface area contributed by atoms with E-state index in [4.69, 9.17) is 28.9 Å². The molecule has 0 saturated carbocycles. The highest BCUT2D eigenvalue weighted by atomic mass is 35.5. The predicted molar refractivity (Wildman–Crippen MR) is 74.7 cm³/mol. The van der Waals surface area contributed by atoms with Gasteiger partial charge in [-0.1, -0.05) is 47.3 Å². The normalized spacial score (nSPS) is 20.9. The zero-order valence-corrected chi connectivity index (χ0v) is 11.3. The number of halogens is 2. The molecule has 0 amide bonds. The minimum absolute atomic E-state index is 0.207. The first-order valence-electron chi connectivity index (χ1n) is 6.04. The van der Waals surface area contributed by atoms with E-state index < -0.39 is 0 Å². The Bertz CT molecular complexity index is 426. The molecule has 0 aliphatic heterocycles. The lowest BCUT2D eigenvalue weighted by atomic mass is 10.0. The molecule has 0 aromatic heterocycles. The van der Waals surface area contributed by atoms with E-state index in [0.29, 0.717) is 5.02 Å². The van der Waals surface area contributed by atoms with Crippen molar-refractivity contribution >= 4 is 23.2 Å². The smallest absolute Gasteiger partial charge is 0.0456 e. The van der Waals surface area contributed by atoms with Gasteiger partial charge in [0, 0.05) is 16.1 Å². The molecule has 1 atom stereocenters. The zero-order chi connectivity index (χ0) is 12.3. The van der Waals surface area contributed by atoms with Crippen LogP contribution in [0.15, 0.2) is 29.8 Å². The van der Waals surface area contributed by atoms with Gasteiger partial charge in [-0.2, -0.15) is 0 Å². The average molecular weight is 270 g/mol. The molecule has 3 heteroatoms. The van der Waals surface area contributed by atoms with Crippen LogP contribution in [0, 0.1) is 0 Å². The van der Waals surface area contributed by atoms with E-state index in [9.17, 15) is 0 Å². The summed E-state index contributed by atoms with van der Waals surface area (Å²) in [7, 11) is 0. The summed E-state index contributed by atoms with van der Waals surface area (Å²) < 4.78 is 0. The Labute approximate surface area is 113 Å². The number of rotatable bonds is 2. The summed E-state index contributed by atoms with van der Waals surface area (Å²) >= 11 is 12.1. The van der Waals surface area contributed by atoms with Gasteiger partial charge in [-0.3, -0.25) is 0 Å². The quantitative estimate of drug-likeness (QED) is 0.794. The number of nitrogens with two attached hydrogens (primary N) is 1. The number of hydrogen-bond acceptors (Lipinski definition) is 1. The van der Waals surface area contributed by atoms with Crippen molar-refractivity contribution in [2.45, 2.75) is 38.1 Å². The van der Waals surface area contributed by atoms with E-state index in [1.807, 2.05) is 12.1 Å². The summed E-state index contributed by atoms with van der Waals surface area (Å²) in [6.07, 6.45) is 7.77. The lowest BCUT2D eigenvalue weighted by molar-refractivity contribution is 0.654. The molecule has 0 saturated heterocycles. The molecule has 0 bridgehead atoms. The Balaban J connectivity index is 2.14. The van der Waals surface area contributed by atoms with Crippen LogP contribution in [0.1, 0.15) is 31.2 Å². The van der Waals surface area contributed by atoms with Gasteiger partial charge in [0.05, 0.1) is 0 Å². The van der Waals surface area contributed by atoms with Crippen LogP contribution in [0.25, 0.3) is 0 Å². The summed E-state index contributed by atoms with van der Waals surface area (Å²) in [5.74, 6) is 0. The van der Waals surface area contributed by atoms with E-state index in [0.717, 1.165) is 29.8 Å². The first-order chi connectivity index (χ1) is 8.15. The van der Waals surface area contributed by atoms with Gasteiger partial charge in [0.25, 0.3) is 0 Å². The number of allylic oxidation sites excluding steroid dienone is 1. The van der Waals surface area contributed by atoms with Crippen molar-refractivity contribution in [1.82, 2.24) is 0 Å². The fraction of sp³-hybridized carbons (Fsp3) is 0.429. The number of benzene rings is 1. The van der Waals surface area contributed by atoms with Crippen molar-refractivity contribution in [2.75, 3.05) is 0 Å². The summed E-state index contributed by atoms with van der Waals surface area (Å²) in [4.78, 5) is 0. The van der Waals surface area contributed by atoms with Gasteiger partial charge in [-0.05, 0) is 43.4 Å². The van der Waals surface area contributed by atoms with Gasteiger partial charge in [0.15, 0.2) is 0 Å². The highest BCUT2D eigenvalue weighted by Gasteiger charge is 2.10. The van der Waals surface area contributed by atoms with E-state index in [-0.39, 0.29) is 6.04 Å². The monoisotopic (exact) mass is 269 g/mol. The molecule has 0 spiro atoms. The lowest BCUT2D eigenvalue weighted by Gasteiger charge is -2.09. The Hall–Kier alpha value is -0.500. The van der Waals surface area contributed by atoms with Gasteiger partial charge in [0.1, 0.15) is 0 Å². The fourth-order valence-corrected chi connectivity index (χ4v) is 2.73. The molecular formula is C14H17Cl2N. The highest BCUT2D eigenvalue weighted by molar-refractivity contribution is 6.35. The molecule has 0 fully saturated rings. The molecule has 17 heavy (non-hydrogen) atoms. The summed E-state index contributed by atoms with van der Waals surface area (Å²) in [6, 6.07) is 5.90. The maximum atomic E-state index is 6.18. The minimum atomic E-state index is 0.207. The predicted octanol–water partition coefficient (Wildman–Crippen LogP) is 4.36. The molecule has 1 aromatic carbocycles. The Morgan fingerprint density at radius 3 is 2.82 bits per heavy atom. The molecule has 2 rings (SSSR count). The van der Waals surface area contributed by atoms with Gasteiger partial charge in [-0.15, -0.1) is 0 Å². The van der Waals surface area contributed by atoms with Crippen molar-refractivity contribution in [3.63, 3.8) is 0 Å². The lowest BCUT2D eigenvalue weighted by Crippen LogP contribution is -2.16. The van der Waals surface area contributed by atoms with Crippen LogP contribution in [0.5, 0.6) is 0 Å². The third kappa shape index (κ3) is 3.74. The molecule has 0 heterocycles. The Morgan fingerprint density at radius 1 is 1.24 bits per heavy atom. The van der Waals surface area contributed by atoms with E-state index >= 15 is 0 Å². The molecule has 1 aliphatic carbocycles. The second kappa shape index (κ2) is 5.90. The third-order valence-corrected chi connectivity index (χ3v) is 3.75. The first-order valence-corrected chi connectivity index (χ1v) is 6.80. The Kier molecular flexibility index (Phi) is 4.49. The summed E-state index contributed by atoms with van der Waals surface area (Å²) in [5.41, 5.74) is 8.55. The Morgan fingerprint density at radius 2 is 2.06 bits per heavy atom.